The molecule has 0 unspecified atom stereocenters. The van der Waals surface area contributed by atoms with Gasteiger partial charge in [0.1, 0.15) is 0 Å². The third-order valence-corrected chi connectivity index (χ3v) is 0. The van der Waals surface area contributed by atoms with E-state index in [1.54, 1.807) is 0 Å². The zero-order valence-electron chi connectivity index (χ0n) is 2.75. The molecule has 82 valence electrons. The van der Waals surface area contributed by atoms with E-state index >= 15 is 0 Å². The van der Waals surface area contributed by atoms with E-state index in [4.69, 9.17) is 0 Å². The van der Waals surface area contributed by atoms with Crippen molar-refractivity contribution in [1.29, 1.82) is 0 Å². The summed E-state index contributed by atoms with van der Waals surface area (Å²) in [6.07, 6.45) is 0. The number of hydrogen-bond acceptors (Lipinski definition) is 1. The van der Waals surface area contributed by atoms with Crippen molar-refractivity contribution >= 4 is 24.0 Å². The smallest absolute Gasteiger partial charge is 0 e. The van der Waals surface area contributed by atoms with E-state index in [1.165, 1.54) is 0 Å². The van der Waals surface area contributed by atoms with Crippen molar-refractivity contribution in [2.75, 3.05) is 0 Å². The maximum Gasteiger partial charge on any atom is 0 e. The summed E-state index contributed by atoms with van der Waals surface area (Å²) in [7, 11) is 0. The summed E-state index contributed by atoms with van der Waals surface area (Å²) in [5.41, 5.74) is 0. The summed E-state index contributed by atoms with van der Waals surface area (Å²) in [6, 6.07) is 0. The van der Waals surface area contributed by atoms with Crippen LogP contribution in [0.1, 0.15) is 31.1 Å². The highest BCUT2D eigenvalue weighted by Gasteiger charge is -0.0743. The molecule has 0 aliphatic heterocycles. The average Bonchev–Trinajstić information content (AvgIpc) is 0. The Hall–Kier alpha value is 0.410. The highest BCUT2D eigenvalue weighted by Crippen LogP contribution is 0.886. The molecule has 0 spiro atoms. The van der Waals surface area contributed by atoms with E-state index < -0.39 is 0 Å². The van der Waals surface area contributed by atoms with Gasteiger partial charge in [0.2, 0.25) is 0 Å². The van der Waals surface area contributed by atoms with Crippen molar-refractivity contribution in [2.24, 2.45) is 0 Å². The van der Waals surface area contributed by atoms with Gasteiger partial charge >= 0.3 is 0 Å². The Balaban J connectivity index is 0. The fraction of sp³-hybridized carbons (Fsp3) is 1.00. The van der Waals surface area contributed by atoms with Crippen molar-refractivity contribution in [2.45, 2.75) is 29.7 Å². The van der Waals surface area contributed by atoms with Crippen LogP contribution in [0.3, 0.4) is 0 Å². The highest BCUT2D eigenvalue weighted by atomic mass is 127. The molecule has 0 fully saturated rings. The predicted octanol–water partition coefficient (Wildman–Crippen LogP) is 4.18. The van der Waals surface area contributed by atoms with Crippen LogP contribution in [0.5, 0.6) is 0 Å². The minimum Gasteiger partial charge on any atom is -0.344 e. The highest BCUT2D eigenvalue weighted by molar-refractivity contribution is 14.0. The first kappa shape index (κ1) is 5480. The maximum absolute atomic E-state index is 0. The quantitative estimate of drug-likeness (QED) is 0.527. The molecule has 0 atom stereocenters. The van der Waals surface area contributed by atoms with Gasteiger partial charge in [-0.3, -0.25) is 18.8 Å². The minimum absolute atomic E-state index is 0. The Kier molecular flexibility index (Phi) is 2170000. The first-order chi connectivity index (χ1) is 0. The van der Waals surface area contributed by atoms with Gasteiger partial charge < -0.3 is 6.15 Å². The van der Waals surface area contributed by atoms with E-state index in [-0.39, 0.29) is 80.1 Å². The van der Waals surface area contributed by atoms with Crippen LogP contribution >= 0.6 is 24.0 Å². The van der Waals surface area contributed by atoms with Crippen LogP contribution in [0.15, 0.2) is 0 Å². The lowest BCUT2D eigenvalue weighted by Gasteiger charge is -0.344. The lowest BCUT2D eigenvalue weighted by atomic mass is 12.0. The molecule has 0 bridgehead atoms. The summed E-state index contributed by atoms with van der Waals surface area (Å²) < 4.78 is 0. The van der Waals surface area contributed by atoms with Gasteiger partial charge in [0.15, 0.2) is 0 Å². The molecule has 0 rings (SSSR count). The SMILES string of the molecule is C.C.C.C.F.F.F.F.I.N.[3HH]. The fourth-order valence-electron chi connectivity index (χ4n) is 0. The van der Waals surface area contributed by atoms with Gasteiger partial charge in [-0.2, -0.15) is 0 Å². The summed E-state index contributed by atoms with van der Waals surface area (Å²) >= 11 is 0. The second kappa shape index (κ2) is 3960. The van der Waals surface area contributed by atoms with Crippen molar-refractivity contribution in [3.05, 3.63) is 0 Å². The van der Waals surface area contributed by atoms with Crippen molar-refractivity contribution in [1.82, 2.24) is 6.15 Å². The van der Waals surface area contributed by atoms with Crippen LogP contribution in [0.25, 0.3) is 0 Å². The van der Waals surface area contributed by atoms with Gasteiger partial charge in [0.05, 0.1) is 0 Å². The Bertz CT molecular complexity index is 22.1. The van der Waals surface area contributed by atoms with Gasteiger partial charge in [-0.15, -0.1) is 24.0 Å². The van der Waals surface area contributed by atoms with Gasteiger partial charge in [-0.25, -0.2) is 0 Å². The van der Waals surface area contributed by atoms with Gasteiger partial charge in [-0.05, 0) is 0 Å². The molecule has 0 aromatic rings. The minimum atomic E-state index is 0. The molecular weight excluding hydrogens is 265 g/mol. The van der Waals surface area contributed by atoms with Crippen LogP contribution in [0, 0.1) is 0 Å². The van der Waals surface area contributed by atoms with Crippen molar-refractivity contribution in [3.8, 4) is 0 Å². The topological polar surface area (TPSA) is 35.0 Å². The second-order valence-corrected chi connectivity index (χ2v) is 0. The third kappa shape index (κ3) is 2750. The van der Waals surface area contributed by atoms with Crippen LogP contribution in [-0.2, 0) is 0 Å². The van der Waals surface area contributed by atoms with E-state index in [0.29, 0.717) is 0 Å². The summed E-state index contributed by atoms with van der Waals surface area (Å²) in [6.45, 7) is 0. The molecule has 1 nitrogen and oxygen atoms in total. The van der Waals surface area contributed by atoms with Crippen LogP contribution in [-0.4, -0.2) is 0 Å². The molecule has 0 radical (unpaired) electrons. The van der Waals surface area contributed by atoms with E-state index in [9.17, 15) is 0 Å². The maximum atomic E-state index is 0. The first-order valence-corrected chi connectivity index (χ1v) is 0. The largest absolute Gasteiger partial charge is 0.344 e. The number of rotatable bonds is 0. The standard InChI is InChI=1S/4CH4.4FH.HI.H3N.H2/h4*1H4;5*1H;1H3;1H/i;;;;;;;;;;1+2. The van der Waals surface area contributed by atoms with E-state index in [0.717, 1.165) is 0 Å². The van der Waals surface area contributed by atoms with Crippen molar-refractivity contribution in [3.63, 3.8) is 0 Å². The van der Waals surface area contributed by atoms with E-state index in [1.807, 2.05) is 0 Å². The molecule has 0 saturated heterocycles. The Morgan fingerprint density at radius 2 is 0.500 bits per heavy atom. The first-order valence-electron chi connectivity index (χ1n) is 0. The number of halogens is 5. The lowest BCUT2D eigenvalue weighted by molar-refractivity contribution is 1.11. The molecule has 6 heteroatoms. The molecule has 0 aliphatic rings. The molecule has 0 aromatic carbocycles. The molecule has 10 heavy (non-hydrogen) atoms. The van der Waals surface area contributed by atoms with Gasteiger partial charge in [-0.1, -0.05) is 29.7 Å². The average molecular weight is 293 g/mol. The van der Waals surface area contributed by atoms with Crippen LogP contribution < -0.4 is 6.15 Å². The van der Waals surface area contributed by atoms with Crippen molar-refractivity contribution < 1.29 is 20.2 Å². The molecule has 0 heterocycles. The molecule has 3 N–H and O–H groups in total. The zero-order valence-corrected chi connectivity index (χ0v) is 5.08. The van der Waals surface area contributed by atoms with E-state index in [2.05, 4.69) is 0 Å². The molecule has 0 amide bonds. The third-order valence-electron chi connectivity index (χ3n) is 0. The molecule has 0 aliphatic carbocycles. The van der Waals surface area contributed by atoms with Gasteiger partial charge in [0, 0.05) is 1.43 Å². The fourth-order valence-corrected chi connectivity index (χ4v) is 0. The predicted molar refractivity (Wildman–Crippen MR) is 59.5 cm³/mol. The second-order valence-electron chi connectivity index (χ2n) is 0. The lowest BCUT2D eigenvalue weighted by Crippen LogP contribution is -0.481. The number of hydrogen-bond donors (Lipinski definition) is 1. The Labute approximate surface area is 80.5 Å². The normalized spacial score (nSPS) is 0. The Morgan fingerprint density at radius 3 is 0.500 bits per heavy atom. The van der Waals surface area contributed by atoms with Crippen LogP contribution in [0.2, 0.25) is 0 Å². The summed E-state index contributed by atoms with van der Waals surface area (Å²) in [5.74, 6) is 0. The molecule has 0 aromatic heterocycles. The molecular formula is C4H26F4IN. The monoisotopic (exact) mass is 293 g/mol. The summed E-state index contributed by atoms with van der Waals surface area (Å²) in [5, 5.41) is 0. The molecule has 0 saturated carbocycles. The summed E-state index contributed by atoms with van der Waals surface area (Å²) in [4.78, 5) is 0. The Morgan fingerprint density at radius 1 is 0.500 bits per heavy atom. The van der Waals surface area contributed by atoms with Gasteiger partial charge in [0.25, 0.3) is 0 Å². The zero-order chi connectivity index (χ0) is 0. The van der Waals surface area contributed by atoms with Crippen LogP contribution in [0.4, 0.5) is 18.8 Å².